The van der Waals surface area contributed by atoms with Crippen LogP contribution in [0.4, 0.5) is 0 Å². The van der Waals surface area contributed by atoms with Crippen LogP contribution in [0.1, 0.15) is 6.92 Å². The zero-order valence-electron chi connectivity index (χ0n) is 5.74. The molecule has 3 N–H and O–H groups in total. The molecule has 0 aromatic carbocycles. The first-order valence-corrected chi connectivity index (χ1v) is 4.09. The number of hydrogen-bond acceptors (Lipinski definition) is 4. The van der Waals surface area contributed by atoms with Gasteiger partial charge in [-0.15, -0.1) is 11.8 Å². The van der Waals surface area contributed by atoms with Crippen LogP contribution in [0.2, 0.25) is 0 Å². The van der Waals surface area contributed by atoms with Crippen LogP contribution in [-0.4, -0.2) is 28.3 Å². The maximum Gasteiger partial charge on any atom is 0.117 e. The van der Waals surface area contributed by atoms with Crippen LogP contribution < -0.4 is 5.32 Å². The van der Waals surface area contributed by atoms with Gasteiger partial charge in [0.2, 0.25) is 0 Å². The van der Waals surface area contributed by atoms with Gasteiger partial charge in [-0.2, -0.15) is 0 Å². The van der Waals surface area contributed by atoms with Gasteiger partial charge in [0.05, 0.1) is 12.0 Å². The lowest BCUT2D eigenvalue weighted by Gasteiger charge is -2.10. The molecule has 0 amide bonds. The van der Waals surface area contributed by atoms with Crippen molar-refractivity contribution in [3.05, 3.63) is 11.1 Å². The summed E-state index contributed by atoms with van der Waals surface area (Å²) in [6.07, 6.45) is -0.738. The van der Waals surface area contributed by atoms with Crippen molar-refractivity contribution in [2.45, 2.75) is 18.4 Å². The van der Waals surface area contributed by atoms with E-state index in [2.05, 4.69) is 5.32 Å². The Morgan fingerprint density at radius 2 is 2.60 bits per heavy atom. The molecule has 3 nitrogen and oxygen atoms in total. The van der Waals surface area contributed by atoms with Crippen LogP contribution in [0.3, 0.4) is 0 Å². The zero-order chi connectivity index (χ0) is 7.56. The average Bonchev–Trinajstić information content (AvgIpc) is 2.34. The van der Waals surface area contributed by atoms with Crippen LogP contribution in [-0.2, 0) is 0 Å². The third-order valence-electron chi connectivity index (χ3n) is 1.30. The minimum Gasteiger partial charge on any atom is -0.393 e. The Balaban J connectivity index is 2.43. The Morgan fingerprint density at radius 1 is 1.90 bits per heavy atom. The van der Waals surface area contributed by atoms with Crippen LogP contribution in [0.5, 0.6) is 0 Å². The van der Waals surface area contributed by atoms with Crippen molar-refractivity contribution in [3.63, 3.8) is 0 Å². The molecular formula is C6H11NO2S. The predicted octanol–water partition coefficient (Wildman–Crippen LogP) is -0.137. The highest BCUT2D eigenvalue weighted by Gasteiger charge is 2.17. The maximum atomic E-state index is 9.08. The summed E-state index contributed by atoms with van der Waals surface area (Å²) in [5.41, 5.74) is 0.722. The summed E-state index contributed by atoms with van der Waals surface area (Å²) in [5, 5.41) is 22.8. The summed E-state index contributed by atoms with van der Waals surface area (Å²) in [5.74, 6) is 0. The largest absolute Gasteiger partial charge is 0.393 e. The van der Waals surface area contributed by atoms with Crippen LogP contribution in [0.15, 0.2) is 11.1 Å². The summed E-state index contributed by atoms with van der Waals surface area (Å²) in [6.45, 7) is 1.78. The van der Waals surface area contributed by atoms with Gasteiger partial charge < -0.3 is 15.5 Å². The third kappa shape index (κ3) is 1.65. The van der Waals surface area contributed by atoms with Crippen molar-refractivity contribution in [3.8, 4) is 0 Å². The number of nitrogens with one attached hydrogen (secondary N) is 1. The van der Waals surface area contributed by atoms with Crippen molar-refractivity contribution in [1.82, 2.24) is 5.32 Å². The molecule has 0 fully saturated rings. The van der Waals surface area contributed by atoms with Crippen molar-refractivity contribution in [1.29, 1.82) is 0 Å². The van der Waals surface area contributed by atoms with Crippen LogP contribution in [0.25, 0.3) is 0 Å². The molecule has 58 valence electrons. The summed E-state index contributed by atoms with van der Waals surface area (Å²) < 4.78 is 0. The number of aliphatic hydroxyl groups is 2. The summed E-state index contributed by atoms with van der Waals surface area (Å²) in [6, 6.07) is 0. The second-order valence-corrected chi connectivity index (χ2v) is 3.41. The normalized spacial score (nSPS) is 27.5. The van der Waals surface area contributed by atoms with Gasteiger partial charge in [-0.05, 0) is 12.3 Å². The SMILES string of the molecule is CC1NC(C(O)CO)=CS1. The lowest BCUT2D eigenvalue weighted by Crippen LogP contribution is -2.27. The highest BCUT2D eigenvalue weighted by Crippen LogP contribution is 2.21. The molecular weight excluding hydrogens is 150 g/mol. The van der Waals surface area contributed by atoms with Gasteiger partial charge in [0.1, 0.15) is 6.10 Å². The van der Waals surface area contributed by atoms with E-state index < -0.39 is 6.10 Å². The average molecular weight is 161 g/mol. The highest BCUT2D eigenvalue weighted by molar-refractivity contribution is 8.02. The minimum atomic E-state index is -0.738. The van der Waals surface area contributed by atoms with Gasteiger partial charge in [0, 0.05) is 5.70 Å². The van der Waals surface area contributed by atoms with Gasteiger partial charge in [-0.1, -0.05) is 0 Å². The van der Waals surface area contributed by atoms with E-state index in [-0.39, 0.29) is 6.61 Å². The van der Waals surface area contributed by atoms with Crippen molar-refractivity contribution >= 4 is 11.8 Å². The first kappa shape index (κ1) is 7.91. The topological polar surface area (TPSA) is 52.5 Å². The molecule has 10 heavy (non-hydrogen) atoms. The summed E-state index contributed by atoms with van der Waals surface area (Å²) in [4.78, 5) is 0. The van der Waals surface area contributed by atoms with Crippen LogP contribution in [0, 0.1) is 0 Å². The van der Waals surface area contributed by atoms with Gasteiger partial charge in [-0.25, -0.2) is 0 Å². The monoisotopic (exact) mass is 161 g/mol. The fourth-order valence-electron chi connectivity index (χ4n) is 0.751. The second kappa shape index (κ2) is 3.27. The lowest BCUT2D eigenvalue weighted by molar-refractivity contribution is 0.117. The Labute approximate surface area is 64.1 Å². The number of hydrogen-bond donors (Lipinski definition) is 3. The Morgan fingerprint density at radius 3 is 3.00 bits per heavy atom. The molecule has 1 aliphatic heterocycles. The minimum absolute atomic E-state index is 0.216. The van der Waals surface area contributed by atoms with E-state index in [4.69, 9.17) is 10.2 Å². The van der Waals surface area contributed by atoms with E-state index in [0.717, 1.165) is 5.70 Å². The van der Waals surface area contributed by atoms with E-state index >= 15 is 0 Å². The molecule has 2 unspecified atom stereocenters. The molecule has 2 atom stereocenters. The van der Waals surface area contributed by atoms with E-state index in [1.54, 1.807) is 11.8 Å². The third-order valence-corrected chi connectivity index (χ3v) is 2.22. The quantitative estimate of drug-likeness (QED) is 0.528. The highest BCUT2D eigenvalue weighted by atomic mass is 32.2. The smallest absolute Gasteiger partial charge is 0.117 e. The summed E-state index contributed by atoms with van der Waals surface area (Å²) >= 11 is 1.60. The molecule has 0 bridgehead atoms. The predicted molar refractivity (Wildman–Crippen MR) is 41.4 cm³/mol. The summed E-state index contributed by atoms with van der Waals surface area (Å²) in [7, 11) is 0. The Bertz CT molecular complexity index is 149. The van der Waals surface area contributed by atoms with Crippen molar-refractivity contribution in [2.24, 2.45) is 0 Å². The van der Waals surface area contributed by atoms with E-state index in [1.165, 1.54) is 0 Å². The molecule has 0 aromatic heterocycles. The fourth-order valence-corrected chi connectivity index (χ4v) is 1.53. The number of thioether (sulfide) groups is 1. The first-order valence-electron chi connectivity index (χ1n) is 3.15. The Kier molecular flexibility index (Phi) is 2.59. The number of aliphatic hydroxyl groups excluding tert-OH is 2. The zero-order valence-corrected chi connectivity index (χ0v) is 6.56. The molecule has 0 saturated heterocycles. The van der Waals surface area contributed by atoms with Crippen molar-refractivity contribution < 1.29 is 10.2 Å². The molecule has 1 heterocycles. The van der Waals surface area contributed by atoms with Gasteiger partial charge >= 0.3 is 0 Å². The van der Waals surface area contributed by atoms with E-state index in [9.17, 15) is 0 Å². The first-order chi connectivity index (χ1) is 4.74. The molecule has 1 aliphatic rings. The molecule has 1 rings (SSSR count). The van der Waals surface area contributed by atoms with E-state index in [1.807, 2.05) is 12.3 Å². The Hall–Kier alpha value is -0.190. The van der Waals surface area contributed by atoms with Gasteiger partial charge in [0.15, 0.2) is 0 Å². The molecule has 0 saturated carbocycles. The standard InChI is InChI=1S/C6H11NO2S/c1-4-7-5(3-10-4)6(9)2-8/h3-4,6-9H,2H2,1H3. The van der Waals surface area contributed by atoms with Crippen molar-refractivity contribution in [2.75, 3.05) is 6.61 Å². The van der Waals surface area contributed by atoms with Gasteiger partial charge in [0.25, 0.3) is 0 Å². The molecule has 4 heteroatoms. The fraction of sp³-hybridized carbons (Fsp3) is 0.667. The number of rotatable bonds is 2. The maximum absolute atomic E-state index is 9.08. The molecule has 0 radical (unpaired) electrons. The lowest BCUT2D eigenvalue weighted by atomic mass is 10.3. The van der Waals surface area contributed by atoms with Crippen LogP contribution >= 0.6 is 11.8 Å². The molecule has 0 aromatic rings. The van der Waals surface area contributed by atoms with E-state index in [0.29, 0.717) is 5.37 Å². The van der Waals surface area contributed by atoms with Gasteiger partial charge in [-0.3, -0.25) is 0 Å². The molecule has 0 aliphatic carbocycles. The molecule has 0 spiro atoms. The second-order valence-electron chi connectivity index (χ2n) is 2.19.